The Balaban J connectivity index is 1.31. The van der Waals surface area contributed by atoms with E-state index in [1.165, 1.54) is 25.3 Å². The smallest absolute Gasteiger partial charge is 0.308 e. The largest absolute Gasteiger partial charge is 0.493 e. The molecule has 1 heterocycles. The molecule has 2 aromatic carbocycles. The van der Waals surface area contributed by atoms with E-state index in [4.69, 9.17) is 14.2 Å². The van der Waals surface area contributed by atoms with E-state index in [1.54, 1.807) is 31.4 Å². The van der Waals surface area contributed by atoms with Crippen molar-refractivity contribution < 1.29 is 23.8 Å². The van der Waals surface area contributed by atoms with E-state index >= 15 is 0 Å². The molecule has 0 unspecified atom stereocenters. The van der Waals surface area contributed by atoms with Gasteiger partial charge in [0.25, 0.3) is 5.91 Å². The molecule has 176 valence electrons. The first-order chi connectivity index (χ1) is 16.0. The van der Waals surface area contributed by atoms with Crippen LogP contribution < -0.4 is 14.2 Å². The predicted octanol–water partition coefficient (Wildman–Crippen LogP) is 5.04. The van der Waals surface area contributed by atoms with Gasteiger partial charge in [0.15, 0.2) is 11.5 Å². The number of piperidine rings is 1. The highest BCUT2D eigenvalue weighted by molar-refractivity contribution is 5.94. The average Bonchev–Trinajstić information content (AvgIpc) is 3.33. The van der Waals surface area contributed by atoms with Crippen molar-refractivity contribution in [2.24, 2.45) is 5.92 Å². The molecule has 1 saturated carbocycles. The van der Waals surface area contributed by atoms with E-state index in [9.17, 15) is 9.59 Å². The SMILES string of the molecule is COc1ccc(CC2CCN(C(=O)c3ccc(OC(C)=O)cc3)CC2)cc1OC1CCCC1. The third-order valence-corrected chi connectivity index (χ3v) is 6.61. The number of benzene rings is 2. The Kier molecular flexibility index (Phi) is 7.53. The number of esters is 1. The molecule has 1 amide bonds. The minimum atomic E-state index is -0.370. The fraction of sp³-hybridized carbons (Fsp3) is 0.481. The first-order valence-electron chi connectivity index (χ1n) is 11.9. The summed E-state index contributed by atoms with van der Waals surface area (Å²) in [5.74, 6) is 2.30. The predicted molar refractivity (Wildman–Crippen MR) is 126 cm³/mol. The number of hydrogen-bond donors (Lipinski definition) is 0. The molecule has 4 rings (SSSR count). The summed E-state index contributed by atoms with van der Waals surface area (Å²) in [6, 6.07) is 13.0. The number of carbonyl (C=O) groups excluding carboxylic acids is 2. The number of nitrogens with zero attached hydrogens (tertiary/aromatic N) is 1. The van der Waals surface area contributed by atoms with E-state index in [2.05, 4.69) is 12.1 Å². The van der Waals surface area contributed by atoms with Gasteiger partial charge in [0, 0.05) is 25.6 Å². The van der Waals surface area contributed by atoms with Gasteiger partial charge in [0.2, 0.25) is 0 Å². The molecule has 0 bridgehead atoms. The Morgan fingerprint density at radius 3 is 2.27 bits per heavy atom. The minimum absolute atomic E-state index is 0.0273. The topological polar surface area (TPSA) is 65.1 Å². The maximum Gasteiger partial charge on any atom is 0.308 e. The van der Waals surface area contributed by atoms with Crippen LogP contribution in [0.25, 0.3) is 0 Å². The van der Waals surface area contributed by atoms with Gasteiger partial charge in [-0.3, -0.25) is 9.59 Å². The summed E-state index contributed by atoms with van der Waals surface area (Å²) < 4.78 is 16.8. The lowest BCUT2D eigenvalue weighted by atomic mass is 9.90. The lowest BCUT2D eigenvalue weighted by Gasteiger charge is -2.32. The molecule has 6 nitrogen and oxygen atoms in total. The lowest BCUT2D eigenvalue weighted by molar-refractivity contribution is -0.131. The van der Waals surface area contributed by atoms with Crippen LogP contribution in [0.4, 0.5) is 0 Å². The van der Waals surface area contributed by atoms with Crippen LogP contribution in [-0.4, -0.2) is 43.1 Å². The van der Waals surface area contributed by atoms with Crippen molar-refractivity contribution in [3.8, 4) is 17.2 Å². The Bertz CT molecular complexity index is 957. The number of hydrogen-bond acceptors (Lipinski definition) is 5. The highest BCUT2D eigenvalue weighted by Gasteiger charge is 2.25. The second-order valence-electron chi connectivity index (χ2n) is 9.07. The molecule has 33 heavy (non-hydrogen) atoms. The second-order valence-corrected chi connectivity index (χ2v) is 9.07. The van der Waals surface area contributed by atoms with Gasteiger partial charge < -0.3 is 19.1 Å². The van der Waals surface area contributed by atoms with E-state index in [0.717, 1.165) is 56.7 Å². The third kappa shape index (κ3) is 6.06. The number of amides is 1. The molecule has 0 spiro atoms. The molecular formula is C27H33NO5. The molecule has 2 aliphatic rings. The van der Waals surface area contributed by atoms with Crippen LogP contribution in [-0.2, 0) is 11.2 Å². The number of methoxy groups -OCH3 is 1. The molecule has 2 aromatic rings. The van der Waals surface area contributed by atoms with Crippen LogP contribution >= 0.6 is 0 Å². The van der Waals surface area contributed by atoms with Crippen molar-refractivity contribution in [3.05, 3.63) is 53.6 Å². The number of carbonyl (C=O) groups is 2. The summed E-state index contributed by atoms with van der Waals surface area (Å²) in [6.07, 6.45) is 7.93. The molecule has 1 aliphatic heterocycles. The average molecular weight is 452 g/mol. The molecular weight excluding hydrogens is 418 g/mol. The summed E-state index contributed by atoms with van der Waals surface area (Å²) in [4.78, 5) is 25.8. The first kappa shape index (κ1) is 23.1. The van der Waals surface area contributed by atoms with Gasteiger partial charge in [-0.05, 0) is 92.8 Å². The van der Waals surface area contributed by atoms with Gasteiger partial charge in [-0.15, -0.1) is 0 Å². The molecule has 0 N–H and O–H groups in total. The Morgan fingerprint density at radius 2 is 1.64 bits per heavy atom. The molecule has 1 aliphatic carbocycles. The Labute approximate surface area is 195 Å². The normalized spacial score (nSPS) is 17.1. The van der Waals surface area contributed by atoms with Crippen LogP contribution in [0.3, 0.4) is 0 Å². The second kappa shape index (κ2) is 10.7. The van der Waals surface area contributed by atoms with Gasteiger partial charge in [0.1, 0.15) is 5.75 Å². The maximum absolute atomic E-state index is 12.9. The van der Waals surface area contributed by atoms with E-state index in [1.807, 2.05) is 11.0 Å². The summed E-state index contributed by atoms with van der Waals surface area (Å²) >= 11 is 0. The lowest BCUT2D eigenvalue weighted by Crippen LogP contribution is -2.38. The molecule has 2 fully saturated rings. The molecule has 0 atom stereocenters. The van der Waals surface area contributed by atoms with Crippen LogP contribution in [0, 0.1) is 5.92 Å². The quantitative estimate of drug-likeness (QED) is 0.436. The van der Waals surface area contributed by atoms with Crippen LogP contribution in [0.15, 0.2) is 42.5 Å². The summed E-state index contributed by atoms with van der Waals surface area (Å²) in [7, 11) is 1.69. The van der Waals surface area contributed by atoms with Gasteiger partial charge in [0.05, 0.1) is 13.2 Å². The zero-order chi connectivity index (χ0) is 23.2. The summed E-state index contributed by atoms with van der Waals surface area (Å²) in [5.41, 5.74) is 1.88. The molecule has 1 saturated heterocycles. The van der Waals surface area contributed by atoms with Gasteiger partial charge in [-0.1, -0.05) is 6.07 Å². The van der Waals surface area contributed by atoms with Crippen molar-refractivity contribution in [2.75, 3.05) is 20.2 Å². The van der Waals surface area contributed by atoms with Crippen molar-refractivity contribution >= 4 is 11.9 Å². The van der Waals surface area contributed by atoms with Gasteiger partial charge in [-0.2, -0.15) is 0 Å². The van der Waals surface area contributed by atoms with E-state index < -0.39 is 0 Å². The first-order valence-corrected chi connectivity index (χ1v) is 11.9. The molecule has 0 aromatic heterocycles. The maximum atomic E-state index is 12.9. The number of rotatable bonds is 7. The fourth-order valence-corrected chi connectivity index (χ4v) is 4.81. The van der Waals surface area contributed by atoms with E-state index in [0.29, 0.717) is 23.3 Å². The Morgan fingerprint density at radius 1 is 0.939 bits per heavy atom. The third-order valence-electron chi connectivity index (χ3n) is 6.61. The number of likely N-dealkylation sites (tertiary alicyclic amines) is 1. The standard InChI is InChI=1S/C27H33NO5/c1-19(29)32-24-10-8-22(9-11-24)27(30)28-15-13-20(14-16-28)17-21-7-12-25(31-2)26(18-21)33-23-5-3-4-6-23/h7-12,18,20,23H,3-6,13-17H2,1-2H3. The Hall–Kier alpha value is -3.02. The fourth-order valence-electron chi connectivity index (χ4n) is 4.81. The highest BCUT2D eigenvalue weighted by atomic mass is 16.5. The highest BCUT2D eigenvalue weighted by Crippen LogP contribution is 2.34. The minimum Gasteiger partial charge on any atom is -0.493 e. The van der Waals surface area contributed by atoms with Crippen LogP contribution in [0.5, 0.6) is 17.2 Å². The zero-order valence-corrected chi connectivity index (χ0v) is 19.5. The summed E-state index contributed by atoms with van der Waals surface area (Å²) in [5, 5.41) is 0. The zero-order valence-electron chi connectivity index (χ0n) is 19.5. The van der Waals surface area contributed by atoms with Gasteiger partial charge >= 0.3 is 5.97 Å². The van der Waals surface area contributed by atoms with Crippen molar-refractivity contribution in [1.29, 1.82) is 0 Å². The molecule has 0 radical (unpaired) electrons. The van der Waals surface area contributed by atoms with Crippen LogP contribution in [0.2, 0.25) is 0 Å². The van der Waals surface area contributed by atoms with E-state index in [-0.39, 0.29) is 11.9 Å². The molecule has 6 heteroatoms. The van der Waals surface area contributed by atoms with Crippen molar-refractivity contribution in [2.45, 2.75) is 58.0 Å². The van der Waals surface area contributed by atoms with Crippen LogP contribution in [0.1, 0.15) is 61.4 Å². The summed E-state index contributed by atoms with van der Waals surface area (Å²) in [6.45, 7) is 2.85. The monoisotopic (exact) mass is 451 g/mol. The van der Waals surface area contributed by atoms with Crippen molar-refractivity contribution in [3.63, 3.8) is 0 Å². The van der Waals surface area contributed by atoms with Gasteiger partial charge in [-0.25, -0.2) is 0 Å². The number of ether oxygens (including phenoxy) is 3. The van der Waals surface area contributed by atoms with Crippen molar-refractivity contribution in [1.82, 2.24) is 4.90 Å².